The number of hydrogen-bond donors (Lipinski definition) is 7. The zero-order valence-electron chi connectivity index (χ0n) is 30.1. The number of aromatic amines is 1. The third-order valence-corrected chi connectivity index (χ3v) is 9.51. The van der Waals surface area contributed by atoms with Crippen molar-refractivity contribution < 1.29 is 28.8 Å². The van der Waals surface area contributed by atoms with E-state index in [9.17, 15) is 28.8 Å². The van der Waals surface area contributed by atoms with Crippen molar-refractivity contribution in [2.24, 2.45) is 5.73 Å². The van der Waals surface area contributed by atoms with Gasteiger partial charge in [-0.2, -0.15) is 0 Å². The van der Waals surface area contributed by atoms with Gasteiger partial charge in [0.25, 0.3) is 0 Å². The van der Waals surface area contributed by atoms with Gasteiger partial charge < -0.3 is 42.2 Å². The van der Waals surface area contributed by atoms with Crippen LogP contribution < -0.4 is 32.3 Å². The van der Waals surface area contributed by atoms with Gasteiger partial charge in [0.05, 0.1) is 6.54 Å². The predicted molar refractivity (Wildman–Crippen MR) is 203 cm³/mol. The Balaban J connectivity index is 1.55. The maximum atomic E-state index is 14.1. The number of halogens is 1. The standard InChI is InChI=1S/C38H51ClN8O6/c1-2-3-19-47(37(52)32(45-33(48)22-39)20-25-11-5-4-6-12-25)24-34(49)44-31(21-26-23-42-29-16-8-7-15-28(26)29)36(51)46-30(17-10-18-41-38(40)53)35(50)43-27-13-9-14-27/h4-8,11-12,15-16,23,27,30-32,42H,2-3,9-10,13-14,17-22,24H2,1H3,(H,43,50)(H,44,49)(H,45,48)(H,46,51)(H3,40,41,53)/t30-,31-,32-/m0/s1. The van der Waals surface area contributed by atoms with Gasteiger partial charge in [-0.3, -0.25) is 24.0 Å². The molecule has 0 saturated heterocycles. The zero-order valence-corrected chi connectivity index (χ0v) is 30.9. The fourth-order valence-corrected chi connectivity index (χ4v) is 6.25. The van der Waals surface area contributed by atoms with Crippen LogP contribution in [0.3, 0.4) is 0 Å². The molecule has 1 aliphatic carbocycles. The Morgan fingerprint density at radius 1 is 0.868 bits per heavy atom. The maximum Gasteiger partial charge on any atom is 0.312 e. The molecule has 1 heterocycles. The number of aromatic nitrogens is 1. The van der Waals surface area contributed by atoms with Crippen molar-refractivity contribution >= 4 is 58.1 Å². The van der Waals surface area contributed by atoms with Crippen LogP contribution in [0.1, 0.15) is 63.0 Å². The summed E-state index contributed by atoms with van der Waals surface area (Å²) in [4.78, 5) is 83.4. The molecular formula is C38H51ClN8O6. The van der Waals surface area contributed by atoms with Crippen LogP contribution >= 0.6 is 11.6 Å². The Morgan fingerprint density at radius 3 is 2.26 bits per heavy atom. The topological polar surface area (TPSA) is 208 Å². The lowest BCUT2D eigenvalue weighted by atomic mass is 9.92. The molecule has 0 spiro atoms. The molecule has 0 radical (unpaired) electrons. The normalized spacial score (nSPS) is 14.2. The van der Waals surface area contributed by atoms with Gasteiger partial charge in [-0.1, -0.05) is 61.9 Å². The number of para-hydroxylation sites is 1. The van der Waals surface area contributed by atoms with E-state index in [1.807, 2.05) is 61.5 Å². The Morgan fingerprint density at radius 2 is 1.58 bits per heavy atom. The number of carbonyl (C=O) groups excluding carboxylic acids is 6. The van der Waals surface area contributed by atoms with Crippen molar-refractivity contribution in [3.63, 3.8) is 0 Å². The molecule has 1 aliphatic rings. The highest BCUT2D eigenvalue weighted by atomic mass is 35.5. The van der Waals surface area contributed by atoms with Crippen molar-refractivity contribution in [3.8, 4) is 0 Å². The minimum Gasteiger partial charge on any atom is -0.361 e. The second-order valence-corrected chi connectivity index (χ2v) is 13.6. The molecule has 1 saturated carbocycles. The summed E-state index contributed by atoms with van der Waals surface area (Å²) in [6.07, 6.45) is 6.69. The number of H-pyrrole nitrogens is 1. The largest absolute Gasteiger partial charge is 0.361 e. The number of nitrogens with zero attached hydrogens (tertiary/aromatic N) is 1. The van der Waals surface area contributed by atoms with Crippen molar-refractivity contribution in [2.45, 2.75) is 88.9 Å². The lowest BCUT2D eigenvalue weighted by Gasteiger charge is -2.30. The van der Waals surface area contributed by atoms with Crippen LogP contribution in [0.15, 0.2) is 60.8 Å². The van der Waals surface area contributed by atoms with Gasteiger partial charge in [0, 0.05) is 49.1 Å². The van der Waals surface area contributed by atoms with Crippen LogP contribution in [-0.4, -0.2) is 95.1 Å². The number of carbonyl (C=O) groups is 6. The molecule has 15 heteroatoms. The number of amides is 7. The first-order valence-corrected chi connectivity index (χ1v) is 18.8. The first-order chi connectivity index (χ1) is 25.6. The number of nitrogens with one attached hydrogen (secondary N) is 6. The first kappa shape index (κ1) is 40.7. The smallest absolute Gasteiger partial charge is 0.312 e. The fraction of sp³-hybridized carbons (Fsp3) is 0.474. The highest BCUT2D eigenvalue weighted by Gasteiger charge is 2.32. The number of rotatable bonds is 21. The van der Waals surface area contributed by atoms with Crippen LogP contribution in [0.5, 0.6) is 0 Å². The van der Waals surface area contributed by atoms with Gasteiger partial charge in [-0.15, -0.1) is 11.6 Å². The monoisotopic (exact) mass is 750 g/mol. The maximum absolute atomic E-state index is 14.1. The molecule has 0 bridgehead atoms. The van der Waals surface area contributed by atoms with Gasteiger partial charge in [-0.05, 0) is 55.7 Å². The van der Waals surface area contributed by atoms with Crippen LogP contribution in [0.4, 0.5) is 4.79 Å². The molecule has 1 aromatic heterocycles. The van der Waals surface area contributed by atoms with E-state index in [0.717, 1.165) is 47.7 Å². The molecule has 8 N–H and O–H groups in total. The number of alkyl halides is 1. The van der Waals surface area contributed by atoms with Crippen molar-refractivity contribution in [1.29, 1.82) is 0 Å². The number of urea groups is 1. The van der Waals surface area contributed by atoms with E-state index in [-0.39, 0.29) is 56.7 Å². The van der Waals surface area contributed by atoms with Gasteiger partial charge in [0.2, 0.25) is 29.5 Å². The van der Waals surface area contributed by atoms with Gasteiger partial charge in [-0.25, -0.2) is 4.79 Å². The molecule has 53 heavy (non-hydrogen) atoms. The number of nitrogens with two attached hydrogens (primary N) is 1. The molecule has 14 nitrogen and oxygen atoms in total. The number of fused-ring (bicyclic) bond motifs is 1. The molecule has 3 aromatic rings. The Bertz CT molecular complexity index is 1700. The molecule has 0 aliphatic heterocycles. The van der Waals surface area contributed by atoms with Crippen LogP contribution in [0.2, 0.25) is 0 Å². The summed E-state index contributed by atoms with van der Waals surface area (Å²) in [5.74, 6) is -2.82. The Labute approximate surface area is 314 Å². The molecule has 0 unspecified atom stereocenters. The molecule has 7 amide bonds. The lowest BCUT2D eigenvalue weighted by molar-refractivity contribution is -0.140. The minimum atomic E-state index is -1.12. The summed E-state index contributed by atoms with van der Waals surface area (Å²) in [6, 6.07) is 13.1. The summed E-state index contributed by atoms with van der Waals surface area (Å²) in [5.41, 5.74) is 7.64. The van der Waals surface area contributed by atoms with Gasteiger partial charge in [0.15, 0.2) is 0 Å². The summed E-state index contributed by atoms with van der Waals surface area (Å²) in [7, 11) is 0. The first-order valence-electron chi connectivity index (χ1n) is 18.2. The molecular weight excluding hydrogens is 700 g/mol. The number of primary amides is 1. The van der Waals surface area contributed by atoms with E-state index in [1.165, 1.54) is 4.90 Å². The predicted octanol–water partition coefficient (Wildman–Crippen LogP) is 2.39. The highest BCUT2D eigenvalue weighted by molar-refractivity contribution is 6.27. The Kier molecular flexibility index (Phi) is 16.0. The second-order valence-electron chi connectivity index (χ2n) is 13.4. The quantitative estimate of drug-likeness (QED) is 0.0642. The van der Waals surface area contributed by atoms with Crippen molar-refractivity contribution in [1.82, 2.24) is 36.5 Å². The highest BCUT2D eigenvalue weighted by Crippen LogP contribution is 2.20. The Hall–Kier alpha value is -5.11. The van der Waals surface area contributed by atoms with Crippen molar-refractivity contribution in [2.75, 3.05) is 25.5 Å². The summed E-state index contributed by atoms with van der Waals surface area (Å²) >= 11 is 5.78. The zero-order chi connectivity index (χ0) is 38.2. The summed E-state index contributed by atoms with van der Waals surface area (Å²) < 4.78 is 0. The molecule has 2 aromatic carbocycles. The second kappa shape index (κ2) is 20.8. The fourth-order valence-electron chi connectivity index (χ4n) is 6.18. The number of hydrogen-bond acceptors (Lipinski definition) is 6. The minimum absolute atomic E-state index is 0.0268. The van der Waals surface area contributed by atoms with Crippen molar-refractivity contribution in [3.05, 3.63) is 71.9 Å². The molecule has 286 valence electrons. The van der Waals surface area contributed by atoms with Crippen LogP contribution in [-0.2, 0) is 36.8 Å². The molecule has 3 atom stereocenters. The van der Waals surface area contributed by atoms with E-state index < -0.39 is 47.8 Å². The van der Waals surface area contributed by atoms with E-state index in [2.05, 4.69) is 31.6 Å². The third kappa shape index (κ3) is 12.8. The van der Waals surface area contributed by atoms with E-state index in [1.54, 1.807) is 6.20 Å². The van der Waals surface area contributed by atoms with Crippen LogP contribution in [0.25, 0.3) is 10.9 Å². The third-order valence-electron chi connectivity index (χ3n) is 9.27. The lowest BCUT2D eigenvalue weighted by Crippen LogP contribution is -2.57. The molecule has 4 rings (SSSR count). The number of unbranched alkanes of at least 4 members (excludes halogenated alkanes) is 1. The number of benzene rings is 2. The average Bonchev–Trinajstić information content (AvgIpc) is 3.54. The van der Waals surface area contributed by atoms with E-state index in [0.29, 0.717) is 12.8 Å². The van der Waals surface area contributed by atoms with E-state index >= 15 is 0 Å². The molecule has 1 fully saturated rings. The van der Waals surface area contributed by atoms with Gasteiger partial charge >= 0.3 is 6.03 Å². The summed E-state index contributed by atoms with van der Waals surface area (Å²) in [5, 5.41) is 14.7. The van der Waals surface area contributed by atoms with Crippen LogP contribution in [0, 0.1) is 0 Å². The average molecular weight is 751 g/mol. The SMILES string of the molecule is CCCCN(CC(=O)N[C@@H](Cc1c[nH]c2ccccc12)C(=O)N[C@@H](CCCNC(N)=O)C(=O)NC1CCC1)C(=O)[C@H](Cc1ccccc1)NC(=O)CCl. The van der Waals surface area contributed by atoms with Gasteiger partial charge in [0.1, 0.15) is 24.0 Å². The van der Waals surface area contributed by atoms with E-state index in [4.69, 9.17) is 17.3 Å². The summed E-state index contributed by atoms with van der Waals surface area (Å²) in [6.45, 7) is 2.05.